The van der Waals surface area contributed by atoms with Gasteiger partial charge in [0, 0.05) is 44.9 Å². The Morgan fingerprint density at radius 1 is 0.957 bits per heavy atom. The van der Waals surface area contributed by atoms with Gasteiger partial charge in [0.05, 0.1) is 5.58 Å². The van der Waals surface area contributed by atoms with Crippen LogP contribution in [0.15, 0.2) is 83.5 Å². The Balaban J connectivity index is 0.000000212. The predicted octanol–water partition coefficient (Wildman–Crippen LogP) is 10.5. The molecule has 3 nitrogen and oxygen atoms in total. The van der Waals surface area contributed by atoms with Crippen LogP contribution >= 0.6 is 0 Å². The van der Waals surface area contributed by atoms with Crippen LogP contribution < -0.4 is 4.40 Å². The largest absolute Gasteiger partial charge is 0.500 e. The van der Waals surface area contributed by atoms with Crippen LogP contribution in [-0.4, -0.2) is 23.2 Å². The molecule has 0 aliphatic rings. The first-order chi connectivity index (χ1) is 21.5. The third-order valence-corrected chi connectivity index (χ3v) is 11.9. The Bertz CT molecular complexity index is 2010. The molecule has 0 aliphatic heterocycles. The molecule has 0 aliphatic carbocycles. The van der Waals surface area contributed by atoms with E-state index in [4.69, 9.17) is 10.8 Å². The molecule has 0 saturated heterocycles. The summed E-state index contributed by atoms with van der Waals surface area (Å²) in [5, 5.41) is 0.780. The van der Waals surface area contributed by atoms with Crippen molar-refractivity contribution in [1.29, 1.82) is 0 Å². The van der Waals surface area contributed by atoms with Gasteiger partial charge in [0.2, 0.25) is 0 Å². The maximum absolute atomic E-state index is 14.4. The SMILES string of the molecule is CC(C)(C)Cc1cc(-c2[c-]cccc2)nc[c]1[Ge]([CH3])([CH3])[CH3].[2H]C(C)(C)c1ccnc(-c2[c-]cc(F)c3c2oc2cc(F)ccc23)c1.[Ir]. The number of fused-ring (bicyclic) bond motifs is 3. The third-order valence-electron chi connectivity index (χ3n) is 7.56. The van der Waals surface area contributed by atoms with Crippen LogP contribution in [0.25, 0.3) is 44.5 Å². The van der Waals surface area contributed by atoms with Crippen molar-refractivity contribution in [3.8, 4) is 22.5 Å². The molecule has 0 amide bonds. The van der Waals surface area contributed by atoms with Crippen LogP contribution in [0.4, 0.5) is 8.78 Å². The normalized spacial score (nSPS) is 12.3. The summed E-state index contributed by atoms with van der Waals surface area (Å²) in [6, 6.07) is 25.3. The molecule has 1 radical (unpaired) electrons. The van der Waals surface area contributed by atoms with Crippen LogP contribution in [-0.2, 0) is 26.5 Å². The van der Waals surface area contributed by atoms with Gasteiger partial charge < -0.3 is 9.40 Å². The molecule has 0 spiro atoms. The summed E-state index contributed by atoms with van der Waals surface area (Å²) in [6.45, 7) is 10.5. The molecule has 0 atom stereocenters. The van der Waals surface area contributed by atoms with Crippen molar-refractivity contribution in [3.05, 3.63) is 114 Å². The van der Waals surface area contributed by atoms with Gasteiger partial charge in [-0.3, -0.25) is 4.39 Å². The number of furan rings is 1. The number of aromatic nitrogens is 2. The van der Waals surface area contributed by atoms with E-state index in [-0.39, 0.29) is 36.7 Å². The maximum atomic E-state index is 14.4. The quantitative estimate of drug-likeness (QED) is 0.128. The van der Waals surface area contributed by atoms with E-state index in [1.54, 1.807) is 32.2 Å². The summed E-state index contributed by atoms with van der Waals surface area (Å²) in [6.07, 6.45) is 4.84. The van der Waals surface area contributed by atoms with Crippen LogP contribution in [0, 0.1) is 29.2 Å². The Labute approximate surface area is 289 Å². The molecule has 46 heavy (non-hydrogen) atoms. The first-order valence-corrected chi connectivity index (χ1v) is 22.5. The standard InChI is InChI=1S/C20H14F2NO.C19H26GeN.Ir/c1-11(2)12-7-8-23-17(9-12)14-5-6-16(22)19-15-4-3-13(21)10-18(15)24-20(14)19;1-19(2,3)13-16-12-18(15-10-8-7-9-11-15)21-14-17(16)20(4,5)6;/h3-4,6-11H,1-2H3;7-10,12,14H,13H2,1-6H3;/q2*-1;/i11D;;. The Morgan fingerprint density at radius 3 is 2.37 bits per heavy atom. The molecule has 0 bridgehead atoms. The average Bonchev–Trinajstić information content (AvgIpc) is 3.35. The molecule has 3 aromatic heterocycles. The van der Waals surface area contributed by atoms with Crippen molar-refractivity contribution in [2.24, 2.45) is 5.41 Å². The maximum Gasteiger partial charge on any atom is 0.126 e. The van der Waals surface area contributed by atoms with Gasteiger partial charge in [-0.2, -0.15) is 0 Å². The number of pyridine rings is 2. The van der Waals surface area contributed by atoms with Gasteiger partial charge in [0.25, 0.3) is 0 Å². The van der Waals surface area contributed by atoms with Crippen molar-refractivity contribution in [2.45, 2.75) is 64.2 Å². The second-order valence-electron chi connectivity index (χ2n) is 13.9. The smallest absolute Gasteiger partial charge is 0.126 e. The fourth-order valence-corrected chi connectivity index (χ4v) is 8.72. The summed E-state index contributed by atoms with van der Waals surface area (Å²) < 4.78 is 43.3. The summed E-state index contributed by atoms with van der Waals surface area (Å²) >= 11 is -1.90. The van der Waals surface area contributed by atoms with E-state index in [9.17, 15) is 8.78 Å². The summed E-state index contributed by atoms with van der Waals surface area (Å²) in [5.74, 6) is 5.59. The average molecular weight is 857 g/mol. The molecular weight excluding hydrogens is 815 g/mol. The zero-order valence-electron chi connectivity index (χ0n) is 28.6. The first-order valence-electron chi connectivity index (χ1n) is 15.7. The van der Waals surface area contributed by atoms with Crippen LogP contribution in [0.3, 0.4) is 0 Å². The number of rotatable bonds is 5. The minimum atomic E-state index is -1.90. The number of benzene rings is 3. The Kier molecular flexibility index (Phi) is 10.6. The second-order valence-corrected chi connectivity index (χ2v) is 24.4. The summed E-state index contributed by atoms with van der Waals surface area (Å²) in [5.41, 5.74) is 6.23. The van der Waals surface area contributed by atoms with Crippen molar-refractivity contribution in [1.82, 2.24) is 9.97 Å². The molecule has 0 N–H and O–H groups in total. The number of hydrogen-bond acceptors (Lipinski definition) is 3. The van der Waals surface area contributed by atoms with Gasteiger partial charge in [-0.05, 0) is 35.2 Å². The number of nitrogens with zero attached hydrogens (tertiary/aromatic N) is 2. The van der Waals surface area contributed by atoms with E-state index >= 15 is 0 Å². The summed E-state index contributed by atoms with van der Waals surface area (Å²) in [7, 11) is 0. The molecule has 6 rings (SSSR count). The van der Waals surface area contributed by atoms with Crippen LogP contribution in [0.2, 0.25) is 17.3 Å². The first kappa shape index (κ1) is 34.2. The topological polar surface area (TPSA) is 38.9 Å². The monoisotopic (exact) mass is 858 g/mol. The van der Waals surface area contributed by atoms with Crippen molar-refractivity contribution in [3.63, 3.8) is 0 Å². The van der Waals surface area contributed by atoms with E-state index in [1.165, 1.54) is 34.2 Å². The zero-order chi connectivity index (χ0) is 33.4. The second kappa shape index (κ2) is 14.3. The van der Waals surface area contributed by atoms with Gasteiger partial charge in [-0.15, -0.1) is 12.1 Å². The van der Waals surface area contributed by atoms with Crippen molar-refractivity contribution in [2.75, 3.05) is 0 Å². The molecule has 7 heteroatoms. The fraction of sp³-hybridized carbons (Fsp3) is 0.282. The van der Waals surface area contributed by atoms with Crippen molar-refractivity contribution < 1.29 is 34.7 Å². The molecule has 3 heterocycles. The molecule has 0 fully saturated rings. The van der Waals surface area contributed by atoms with Gasteiger partial charge in [0.1, 0.15) is 11.4 Å². The predicted molar refractivity (Wildman–Crippen MR) is 184 cm³/mol. The Morgan fingerprint density at radius 2 is 1.72 bits per heavy atom. The van der Waals surface area contributed by atoms with E-state index in [1.807, 2.05) is 18.2 Å². The van der Waals surface area contributed by atoms with Crippen LogP contribution in [0.5, 0.6) is 0 Å². The molecule has 6 aromatic rings. The van der Waals surface area contributed by atoms with E-state index < -0.39 is 30.8 Å². The number of halogens is 2. The molecule has 241 valence electrons. The van der Waals surface area contributed by atoms with Crippen molar-refractivity contribution >= 4 is 39.6 Å². The minimum absolute atomic E-state index is 0. The molecule has 0 unspecified atom stereocenters. The molecule has 3 aromatic carbocycles. The minimum Gasteiger partial charge on any atom is -0.500 e. The molecular formula is C39H40F2GeIrN2O-2. The molecule has 0 saturated carbocycles. The van der Waals surface area contributed by atoms with E-state index in [0.717, 1.165) is 23.2 Å². The third kappa shape index (κ3) is 8.20. The van der Waals surface area contributed by atoms with E-state index in [0.29, 0.717) is 22.1 Å². The van der Waals surface area contributed by atoms with E-state index in [2.05, 4.69) is 73.5 Å². The number of hydrogen-bond donors (Lipinski definition) is 0. The fourth-order valence-electron chi connectivity index (χ4n) is 5.42. The zero-order valence-corrected chi connectivity index (χ0v) is 32.1. The van der Waals surface area contributed by atoms with Gasteiger partial charge in [-0.1, -0.05) is 31.0 Å². The van der Waals surface area contributed by atoms with Gasteiger partial charge in [0.15, 0.2) is 0 Å². The van der Waals surface area contributed by atoms with Gasteiger partial charge in [-0.25, -0.2) is 4.39 Å². The van der Waals surface area contributed by atoms with Crippen LogP contribution in [0.1, 0.15) is 53.0 Å². The van der Waals surface area contributed by atoms with Gasteiger partial charge >= 0.3 is 132 Å². The summed E-state index contributed by atoms with van der Waals surface area (Å²) in [4.78, 5) is 9.04. The Hall–Kier alpha value is -3.19.